The van der Waals surface area contributed by atoms with E-state index in [0.29, 0.717) is 23.7 Å². The molecule has 0 aliphatic heterocycles. The van der Waals surface area contributed by atoms with Gasteiger partial charge in [-0.3, -0.25) is 4.79 Å². The van der Waals surface area contributed by atoms with E-state index in [0.717, 1.165) is 64.2 Å². The fourth-order valence-electron chi connectivity index (χ4n) is 8.76. The molecule has 6 atom stereocenters. The average Bonchev–Trinajstić information content (AvgIpc) is 2.82. The number of hydrogen-bond donors (Lipinski definition) is 0. The first kappa shape index (κ1) is 26.0. The Morgan fingerprint density at radius 3 is 2.32 bits per heavy atom. The molecule has 5 nitrogen and oxygen atoms in total. The third kappa shape index (κ3) is 4.67. The minimum absolute atomic E-state index is 0.0000412. The molecule has 0 aromatic carbocycles. The van der Waals surface area contributed by atoms with Crippen molar-refractivity contribution in [2.45, 2.75) is 123 Å². The van der Waals surface area contributed by atoms with Gasteiger partial charge in [-0.25, -0.2) is 4.79 Å². The topological polar surface area (TPSA) is 61.8 Å². The molecule has 0 radical (unpaired) electrons. The lowest BCUT2D eigenvalue weighted by Gasteiger charge is -2.62. The third-order valence-corrected chi connectivity index (χ3v) is 10.8. The maximum Gasteiger partial charge on any atom is 0.344 e. The van der Waals surface area contributed by atoms with Gasteiger partial charge in [0.25, 0.3) is 0 Å². The van der Waals surface area contributed by atoms with Gasteiger partial charge in [-0.1, -0.05) is 33.6 Å². The SMILES string of the molecule is COC1(C(C)C)CCC2C(CCC3C(C)(C(=O)OCC(=O)OC4CCCCC4)CCCC23C)C1. The standard InChI is InChI=1S/C29H48O5/c1-20(2)29(32-5)17-14-23-21(18-29)12-13-24-27(23,3)15-9-16-28(24,4)26(31)33-19-25(30)34-22-10-7-6-8-11-22/h20-24H,6-19H2,1-5H3. The highest BCUT2D eigenvalue weighted by atomic mass is 16.6. The number of carbonyl (C=O) groups is 2. The Morgan fingerprint density at radius 1 is 0.912 bits per heavy atom. The van der Waals surface area contributed by atoms with Crippen molar-refractivity contribution in [3.63, 3.8) is 0 Å². The van der Waals surface area contributed by atoms with Crippen LogP contribution in [0.5, 0.6) is 0 Å². The molecule has 0 bridgehead atoms. The zero-order chi connectivity index (χ0) is 24.6. The van der Waals surface area contributed by atoms with Crippen LogP contribution in [0.25, 0.3) is 0 Å². The monoisotopic (exact) mass is 476 g/mol. The summed E-state index contributed by atoms with van der Waals surface area (Å²) in [6.07, 6.45) is 14.1. The molecule has 0 saturated heterocycles. The molecule has 0 aromatic heterocycles. The molecule has 4 saturated carbocycles. The number of methoxy groups -OCH3 is 1. The summed E-state index contributed by atoms with van der Waals surface area (Å²) in [7, 11) is 1.89. The van der Waals surface area contributed by atoms with Crippen LogP contribution >= 0.6 is 0 Å². The lowest BCUT2D eigenvalue weighted by atomic mass is 9.43. The summed E-state index contributed by atoms with van der Waals surface area (Å²) in [5.41, 5.74) is -0.370. The Labute approximate surface area is 207 Å². The van der Waals surface area contributed by atoms with Crippen LogP contribution in [0.15, 0.2) is 0 Å². The molecule has 194 valence electrons. The minimum Gasteiger partial charge on any atom is -0.460 e. The molecule has 4 fully saturated rings. The van der Waals surface area contributed by atoms with Crippen LogP contribution in [0.4, 0.5) is 0 Å². The molecule has 4 rings (SSSR count). The summed E-state index contributed by atoms with van der Waals surface area (Å²) in [4.78, 5) is 25.8. The van der Waals surface area contributed by atoms with Crippen LogP contribution in [0.3, 0.4) is 0 Å². The zero-order valence-electron chi connectivity index (χ0n) is 22.3. The fraction of sp³-hybridized carbons (Fsp3) is 0.931. The van der Waals surface area contributed by atoms with E-state index in [2.05, 4.69) is 27.7 Å². The molecule has 4 aliphatic rings. The van der Waals surface area contributed by atoms with Gasteiger partial charge in [0.1, 0.15) is 6.10 Å². The smallest absolute Gasteiger partial charge is 0.344 e. The van der Waals surface area contributed by atoms with Crippen LogP contribution in [0.1, 0.15) is 111 Å². The van der Waals surface area contributed by atoms with Crippen LogP contribution in [-0.4, -0.2) is 37.4 Å². The van der Waals surface area contributed by atoms with Crippen molar-refractivity contribution in [3.05, 3.63) is 0 Å². The predicted molar refractivity (Wildman–Crippen MR) is 132 cm³/mol. The highest BCUT2D eigenvalue weighted by Crippen LogP contribution is 2.65. The van der Waals surface area contributed by atoms with Crippen molar-refractivity contribution in [3.8, 4) is 0 Å². The van der Waals surface area contributed by atoms with E-state index in [1.807, 2.05) is 7.11 Å². The number of hydrogen-bond acceptors (Lipinski definition) is 5. The van der Waals surface area contributed by atoms with Crippen LogP contribution in [0, 0.1) is 34.5 Å². The molecule has 0 heterocycles. The molecule has 0 N–H and O–H groups in total. The van der Waals surface area contributed by atoms with Crippen molar-refractivity contribution >= 4 is 11.9 Å². The fourth-order valence-corrected chi connectivity index (χ4v) is 8.76. The highest BCUT2D eigenvalue weighted by molar-refractivity contribution is 5.80. The summed E-state index contributed by atoms with van der Waals surface area (Å²) in [5.74, 6) is 1.56. The Hall–Kier alpha value is -1.10. The lowest BCUT2D eigenvalue weighted by molar-refractivity contribution is -0.191. The van der Waals surface area contributed by atoms with E-state index in [9.17, 15) is 9.59 Å². The van der Waals surface area contributed by atoms with Gasteiger partial charge in [0.05, 0.1) is 11.0 Å². The molecule has 0 aromatic rings. The normalized spacial score (nSPS) is 40.8. The van der Waals surface area contributed by atoms with E-state index >= 15 is 0 Å². The maximum absolute atomic E-state index is 13.5. The van der Waals surface area contributed by atoms with Gasteiger partial charge < -0.3 is 14.2 Å². The number of fused-ring (bicyclic) bond motifs is 3. The molecule has 34 heavy (non-hydrogen) atoms. The van der Waals surface area contributed by atoms with E-state index in [4.69, 9.17) is 14.2 Å². The molecule has 0 amide bonds. The van der Waals surface area contributed by atoms with Gasteiger partial charge in [0.2, 0.25) is 0 Å². The van der Waals surface area contributed by atoms with Gasteiger partial charge in [-0.15, -0.1) is 0 Å². The van der Waals surface area contributed by atoms with E-state index in [1.54, 1.807) is 0 Å². The number of carbonyl (C=O) groups excluding carboxylic acids is 2. The van der Waals surface area contributed by atoms with Crippen molar-refractivity contribution in [1.29, 1.82) is 0 Å². The Bertz CT molecular complexity index is 743. The molecule has 4 aliphatic carbocycles. The van der Waals surface area contributed by atoms with Crippen molar-refractivity contribution in [1.82, 2.24) is 0 Å². The summed E-state index contributed by atoms with van der Waals surface area (Å²) in [6.45, 7) is 8.91. The second-order valence-electron chi connectivity index (χ2n) is 12.8. The van der Waals surface area contributed by atoms with Gasteiger partial charge in [-0.2, -0.15) is 0 Å². The van der Waals surface area contributed by atoms with Gasteiger partial charge in [0, 0.05) is 7.11 Å². The molecule has 6 unspecified atom stereocenters. The van der Waals surface area contributed by atoms with Crippen LogP contribution < -0.4 is 0 Å². The van der Waals surface area contributed by atoms with Gasteiger partial charge in [0.15, 0.2) is 6.61 Å². The van der Waals surface area contributed by atoms with E-state index < -0.39 is 5.41 Å². The largest absolute Gasteiger partial charge is 0.460 e. The number of ether oxygens (including phenoxy) is 3. The first-order valence-electron chi connectivity index (χ1n) is 14.1. The number of esters is 2. The molecule has 0 spiro atoms. The van der Waals surface area contributed by atoms with Gasteiger partial charge >= 0.3 is 11.9 Å². The molecular formula is C29H48O5. The van der Waals surface area contributed by atoms with Crippen molar-refractivity contribution < 1.29 is 23.8 Å². The second-order valence-corrected chi connectivity index (χ2v) is 12.8. The number of rotatable bonds is 6. The van der Waals surface area contributed by atoms with Crippen LogP contribution in [-0.2, 0) is 23.8 Å². The third-order valence-electron chi connectivity index (χ3n) is 10.8. The van der Waals surface area contributed by atoms with Crippen molar-refractivity contribution in [2.24, 2.45) is 34.5 Å². The van der Waals surface area contributed by atoms with E-state index in [-0.39, 0.29) is 35.7 Å². The van der Waals surface area contributed by atoms with Crippen molar-refractivity contribution in [2.75, 3.05) is 13.7 Å². The zero-order valence-corrected chi connectivity index (χ0v) is 22.3. The lowest BCUT2D eigenvalue weighted by Crippen LogP contribution is -2.58. The highest BCUT2D eigenvalue weighted by Gasteiger charge is 2.61. The Kier molecular flexibility index (Phi) is 7.72. The van der Waals surface area contributed by atoms with E-state index in [1.165, 1.54) is 19.3 Å². The van der Waals surface area contributed by atoms with Crippen LogP contribution in [0.2, 0.25) is 0 Å². The Balaban J connectivity index is 1.41. The Morgan fingerprint density at radius 2 is 1.65 bits per heavy atom. The summed E-state index contributed by atoms with van der Waals surface area (Å²) < 4.78 is 17.4. The first-order chi connectivity index (χ1) is 16.1. The van der Waals surface area contributed by atoms with Gasteiger partial charge in [-0.05, 0) is 107 Å². The summed E-state index contributed by atoms with van der Waals surface area (Å²) >= 11 is 0. The second kappa shape index (κ2) is 10.1. The molecule has 5 heteroatoms. The quantitative estimate of drug-likeness (QED) is 0.411. The predicted octanol–water partition coefficient (Wildman–Crippen LogP) is 6.47. The minimum atomic E-state index is -0.517. The average molecular weight is 477 g/mol. The summed E-state index contributed by atoms with van der Waals surface area (Å²) in [6, 6.07) is 0. The summed E-state index contributed by atoms with van der Waals surface area (Å²) in [5, 5.41) is 0. The maximum atomic E-state index is 13.5. The molecular weight excluding hydrogens is 428 g/mol. The first-order valence-corrected chi connectivity index (χ1v) is 14.1.